The lowest BCUT2D eigenvalue weighted by molar-refractivity contribution is -0.119. The summed E-state index contributed by atoms with van der Waals surface area (Å²) in [5, 5.41) is 8.33. The lowest BCUT2D eigenvalue weighted by Crippen LogP contribution is -2.24. The first-order chi connectivity index (χ1) is 10.3. The normalized spacial score (nSPS) is 18.4. The number of hydrogen-bond acceptors (Lipinski definition) is 3. The third kappa shape index (κ3) is 2.17. The van der Waals surface area contributed by atoms with Crippen LogP contribution in [0.3, 0.4) is 0 Å². The number of rotatable bonds is 2. The molecule has 4 rings (SSSR count). The van der Waals surface area contributed by atoms with Crippen LogP contribution in [0.5, 0.6) is 0 Å². The van der Waals surface area contributed by atoms with Crippen LogP contribution in [0.15, 0.2) is 46.9 Å². The van der Waals surface area contributed by atoms with Crippen LogP contribution < -0.4 is 10.6 Å². The quantitative estimate of drug-likeness (QED) is 0.758. The Bertz CT molecular complexity index is 816. The summed E-state index contributed by atoms with van der Waals surface area (Å²) in [5.74, 6) is 0.161. The fourth-order valence-corrected chi connectivity index (χ4v) is 2.93. The average Bonchev–Trinajstić information content (AvgIpc) is 3.14. The van der Waals surface area contributed by atoms with E-state index in [0.29, 0.717) is 0 Å². The molecule has 1 unspecified atom stereocenters. The molecule has 1 aliphatic rings. The van der Waals surface area contributed by atoms with Crippen LogP contribution in [0.25, 0.3) is 21.9 Å². The van der Waals surface area contributed by atoms with E-state index in [1.807, 2.05) is 42.5 Å². The summed E-state index contributed by atoms with van der Waals surface area (Å²) in [7, 11) is 0. The Morgan fingerprint density at radius 3 is 2.86 bits per heavy atom. The molecule has 1 fully saturated rings. The van der Waals surface area contributed by atoms with Crippen molar-refractivity contribution in [1.82, 2.24) is 5.32 Å². The Balaban J connectivity index is 1.69. The molecule has 4 nitrogen and oxygen atoms in total. The van der Waals surface area contributed by atoms with Crippen LogP contribution in [-0.2, 0) is 4.79 Å². The van der Waals surface area contributed by atoms with E-state index in [9.17, 15) is 4.79 Å². The van der Waals surface area contributed by atoms with E-state index in [0.717, 1.165) is 47.1 Å². The molecule has 0 saturated carbocycles. The summed E-state index contributed by atoms with van der Waals surface area (Å²) in [6, 6.07) is 13.7. The molecule has 0 spiro atoms. The van der Waals surface area contributed by atoms with Gasteiger partial charge in [0.1, 0.15) is 11.2 Å². The molecular formula is C17H16N2O2. The molecular weight excluding hydrogens is 264 g/mol. The van der Waals surface area contributed by atoms with Crippen LogP contribution >= 0.6 is 0 Å². The van der Waals surface area contributed by atoms with Gasteiger partial charge >= 0.3 is 0 Å². The standard InChI is InChI=1S/C17H16N2O2/c20-17(11-7-8-18-10-11)19-12-5-6-16-14(9-12)13-3-1-2-4-15(13)21-16/h1-6,9,11,18H,7-8,10H2,(H,19,20). The van der Waals surface area contributed by atoms with Crippen LogP contribution in [0, 0.1) is 5.92 Å². The molecule has 1 aromatic heterocycles. The molecule has 1 aliphatic heterocycles. The number of amides is 1. The molecule has 1 saturated heterocycles. The van der Waals surface area contributed by atoms with Crippen molar-refractivity contribution in [1.29, 1.82) is 0 Å². The zero-order chi connectivity index (χ0) is 14.2. The number of furan rings is 1. The molecule has 1 amide bonds. The third-order valence-electron chi connectivity index (χ3n) is 4.08. The molecule has 0 radical (unpaired) electrons. The van der Waals surface area contributed by atoms with Crippen molar-refractivity contribution in [3.63, 3.8) is 0 Å². The third-order valence-corrected chi connectivity index (χ3v) is 4.08. The van der Waals surface area contributed by atoms with Crippen LogP contribution in [-0.4, -0.2) is 19.0 Å². The second kappa shape index (κ2) is 4.90. The van der Waals surface area contributed by atoms with Crippen molar-refractivity contribution in [3.8, 4) is 0 Å². The first-order valence-corrected chi connectivity index (χ1v) is 7.24. The van der Waals surface area contributed by atoms with Gasteiger partial charge in [0, 0.05) is 23.0 Å². The lowest BCUT2D eigenvalue weighted by Gasteiger charge is -2.09. The maximum absolute atomic E-state index is 12.2. The number of nitrogens with one attached hydrogen (secondary N) is 2. The van der Waals surface area contributed by atoms with Gasteiger partial charge in [0.15, 0.2) is 0 Å². The van der Waals surface area contributed by atoms with Gasteiger partial charge in [-0.15, -0.1) is 0 Å². The van der Waals surface area contributed by atoms with Crippen LogP contribution in [0.4, 0.5) is 5.69 Å². The van der Waals surface area contributed by atoms with Gasteiger partial charge < -0.3 is 15.1 Å². The Kier molecular flexibility index (Phi) is 2.89. The molecule has 0 aliphatic carbocycles. The zero-order valence-corrected chi connectivity index (χ0v) is 11.6. The topological polar surface area (TPSA) is 54.3 Å². The SMILES string of the molecule is O=C(Nc1ccc2oc3ccccc3c2c1)C1CCNC1. The smallest absolute Gasteiger partial charge is 0.228 e. The first kappa shape index (κ1) is 12.4. The first-order valence-electron chi connectivity index (χ1n) is 7.24. The van der Waals surface area contributed by atoms with Gasteiger partial charge in [0.05, 0.1) is 5.92 Å². The lowest BCUT2D eigenvalue weighted by atomic mass is 10.1. The van der Waals surface area contributed by atoms with E-state index in [1.165, 1.54) is 0 Å². The van der Waals surface area contributed by atoms with Gasteiger partial charge in [-0.05, 0) is 37.2 Å². The summed E-state index contributed by atoms with van der Waals surface area (Å²) in [6.45, 7) is 1.69. The van der Waals surface area contributed by atoms with E-state index < -0.39 is 0 Å². The van der Waals surface area contributed by atoms with E-state index in [1.54, 1.807) is 0 Å². The van der Waals surface area contributed by atoms with Crippen molar-refractivity contribution < 1.29 is 9.21 Å². The zero-order valence-electron chi connectivity index (χ0n) is 11.6. The number of benzene rings is 2. The summed E-state index contributed by atoms with van der Waals surface area (Å²) in [4.78, 5) is 12.2. The minimum atomic E-state index is 0.0711. The van der Waals surface area contributed by atoms with Crippen molar-refractivity contribution in [2.75, 3.05) is 18.4 Å². The van der Waals surface area contributed by atoms with Gasteiger partial charge in [-0.2, -0.15) is 0 Å². The largest absolute Gasteiger partial charge is 0.456 e. The van der Waals surface area contributed by atoms with Gasteiger partial charge in [-0.1, -0.05) is 18.2 Å². The van der Waals surface area contributed by atoms with Gasteiger partial charge in [0.25, 0.3) is 0 Å². The highest BCUT2D eigenvalue weighted by Gasteiger charge is 2.22. The Labute approximate surface area is 122 Å². The maximum Gasteiger partial charge on any atom is 0.228 e. The molecule has 0 bridgehead atoms. The van der Waals surface area contributed by atoms with E-state index in [-0.39, 0.29) is 11.8 Å². The van der Waals surface area contributed by atoms with E-state index in [2.05, 4.69) is 10.6 Å². The Morgan fingerprint density at radius 1 is 1.14 bits per heavy atom. The summed E-state index contributed by atoms with van der Waals surface area (Å²) < 4.78 is 5.79. The fraction of sp³-hybridized carbons (Fsp3) is 0.235. The Morgan fingerprint density at radius 2 is 2.00 bits per heavy atom. The summed E-state index contributed by atoms with van der Waals surface area (Å²) in [6.07, 6.45) is 0.905. The Hall–Kier alpha value is -2.33. The molecule has 21 heavy (non-hydrogen) atoms. The number of anilines is 1. The minimum absolute atomic E-state index is 0.0711. The summed E-state index contributed by atoms with van der Waals surface area (Å²) in [5.41, 5.74) is 2.54. The molecule has 1 atom stereocenters. The average molecular weight is 280 g/mol. The number of carbonyl (C=O) groups excluding carboxylic acids is 1. The van der Waals surface area contributed by atoms with Gasteiger partial charge in [0.2, 0.25) is 5.91 Å². The summed E-state index contributed by atoms with van der Waals surface area (Å²) >= 11 is 0. The second-order valence-electron chi connectivity index (χ2n) is 5.49. The minimum Gasteiger partial charge on any atom is -0.456 e. The maximum atomic E-state index is 12.2. The van der Waals surface area contributed by atoms with E-state index in [4.69, 9.17) is 4.42 Å². The van der Waals surface area contributed by atoms with Crippen molar-refractivity contribution in [2.24, 2.45) is 5.92 Å². The molecule has 2 aromatic carbocycles. The van der Waals surface area contributed by atoms with Crippen LogP contribution in [0.1, 0.15) is 6.42 Å². The highest BCUT2D eigenvalue weighted by Crippen LogP contribution is 2.30. The van der Waals surface area contributed by atoms with Crippen molar-refractivity contribution in [3.05, 3.63) is 42.5 Å². The highest BCUT2D eigenvalue weighted by molar-refractivity contribution is 6.07. The number of hydrogen-bond donors (Lipinski definition) is 2. The highest BCUT2D eigenvalue weighted by atomic mass is 16.3. The number of para-hydroxylation sites is 1. The monoisotopic (exact) mass is 280 g/mol. The molecule has 2 N–H and O–H groups in total. The molecule has 4 heteroatoms. The van der Waals surface area contributed by atoms with Gasteiger partial charge in [-0.25, -0.2) is 0 Å². The number of fused-ring (bicyclic) bond motifs is 3. The predicted molar refractivity (Wildman–Crippen MR) is 83.3 cm³/mol. The molecule has 3 aromatic rings. The molecule has 2 heterocycles. The second-order valence-corrected chi connectivity index (χ2v) is 5.49. The fourth-order valence-electron chi connectivity index (χ4n) is 2.93. The van der Waals surface area contributed by atoms with Gasteiger partial charge in [-0.3, -0.25) is 4.79 Å². The predicted octanol–water partition coefficient (Wildman–Crippen LogP) is 3.13. The van der Waals surface area contributed by atoms with Crippen molar-refractivity contribution in [2.45, 2.75) is 6.42 Å². The van der Waals surface area contributed by atoms with E-state index >= 15 is 0 Å². The number of carbonyl (C=O) groups is 1. The van der Waals surface area contributed by atoms with Crippen LogP contribution in [0.2, 0.25) is 0 Å². The molecule has 106 valence electrons. The van der Waals surface area contributed by atoms with Crippen molar-refractivity contribution >= 4 is 33.5 Å².